The number of ketones is 1. The zero-order valence-corrected chi connectivity index (χ0v) is 19.6. The van der Waals surface area contributed by atoms with Crippen LogP contribution in [0.25, 0.3) is 16.8 Å². The average molecular weight is 491 g/mol. The minimum Gasteiger partial charge on any atom is -0.486 e. The molecule has 0 atom stereocenters. The van der Waals surface area contributed by atoms with Gasteiger partial charge in [0, 0.05) is 9.89 Å². The van der Waals surface area contributed by atoms with E-state index < -0.39 is 0 Å². The maximum absolute atomic E-state index is 13.2. The Balaban J connectivity index is 1.10. The fourth-order valence-electron chi connectivity index (χ4n) is 6.75. The lowest BCUT2D eigenvalue weighted by Gasteiger charge is -2.55. The molecule has 0 amide bonds. The predicted molar refractivity (Wildman–Crippen MR) is 129 cm³/mol. The van der Waals surface area contributed by atoms with Crippen LogP contribution in [-0.4, -0.2) is 5.78 Å². The third kappa shape index (κ3) is 3.83. The maximum atomic E-state index is 13.2. The Hall–Kier alpha value is -2.33. The predicted octanol–water partition coefficient (Wildman–Crippen LogP) is 7.57. The first-order valence-corrected chi connectivity index (χ1v) is 12.5. The lowest BCUT2D eigenvalue weighted by Crippen LogP contribution is -2.49. The van der Waals surface area contributed by atoms with Gasteiger partial charge in [0.05, 0.1) is 0 Å². The van der Waals surface area contributed by atoms with Crippen LogP contribution < -0.4 is 4.74 Å². The van der Waals surface area contributed by atoms with Crippen LogP contribution in [0.4, 0.5) is 0 Å². The van der Waals surface area contributed by atoms with Gasteiger partial charge >= 0.3 is 0 Å². The fraction of sp³-hybridized carbons (Fsp3) is 0.393. The molecule has 2 aromatic carbocycles. The Morgan fingerprint density at radius 3 is 2.41 bits per heavy atom. The van der Waals surface area contributed by atoms with Crippen LogP contribution in [0.15, 0.2) is 63.5 Å². The van der Waals surface area contributed by atoms with Gasteiger partial charge < -0.3 is 9.15 Å². The van der Waals surface area contributed by atoms with Crippen molar-refractivity contribution in [2.24, 2.45) is 23.2 Å². The van der Waals surface area contributed by atoms with Gasteiger partial charge in [-0.1, -0.05) is 28.1 Å². The summed E-state index contributed by atoms with van der Waals surface area (Å²) in [6.07, 6.45) is 11.0. The molecule has 4 fully saturated rings. The third-order valence-electron chi connectivity index (χ3n) is 7.80. The van der Waals surface area contributed by atoms with Crippen molar-refractivity contribution in [1.29, 1.82) is 0 Å². The minimum atomic E-state index is -0.0878. The number of furan rings is 1. The molecule has 7 rings (SSSR count). The zero-order valence-electron chi connectivity index (χ0n) is 18.1. The van der Waals surface area contributed by atoms with Gasteiger partial charge in [-0.15, -0.1) is 0 Å². The number of hydrogen-bond donors (Lipinski definition) is 0. The highest BCUT2D eigenvalue weighted by atomic mass is 79.9. The van der Waals surface area contributed by atoms with Gasteiger partial charge in [0.2, 0.25) is 0 Å². The summed E-state index contributed by atoms with van der Waals surface area (Å²) in [6, 6.07) is 16.1. The summed E-state index contributed by atoms with van der Waals surface area (Å²) in [5.74, 6) is 4.93. The fourth-order valence-corrected chi connectivity index (χ4v) is 7.13. The van der Waals surface area contributed by atoms with Crippen molar-refractivity contribution in [3.63, 3.8) is 0 Å². The minimum absolute atomic E-state index is 0.0878. The first kappa shape index (κ1) is 20.3. The first-order chi connectivity index (χ1) is 15.5. The lowest BCUT2D eigenvalue weighted by molar-refractivity contribution is -0.138. The second-order valence-corrected chi connectivity index (χ2v) is 11.1. The molecule has 4 aliphatic rings. The molecule has 0 N–H and O–H groups in total. The molecular weight excluding hydrogens is 464 g/mol. The Morgan fingerprint density at radius 2 is 1.66 bits per heavy atom. The van der Waals surface area contributed by atoms with Crippen LogP contribution in [0.5, 0.6) is 5.75 Å². The normalized spacial score (nSPS) is 28.6. The molecule has 4 aliphatic carbocycles. The van der Waals surface area contributed by atoms with E-state index in [2.05, 4.69) is 34.1 Å². The van der Waals surface area contributed by atoms with E-state index in [0.717, 1.165) is 58.4 Å². The standard InChI is InChI=1S/C28H27BrO3/c29-23-3-1-22-13-25(4-2-21(22)12-23)31-17-26-6-5-24(32-26)7-8-27(30)28-14-18-9-19(15-28)11-20(10-18)16-28/h1-8,12-13,18-20H,9-11,14-17H2/b8-7+. The van der Waals surface area contributed by atoms with E-state index in [1.807, 2.05) is 36.4 Å². The van der Waals surface area contributed by atoms with Gasteiger partial charge in [0.25, 0.3) is 0 Å². The number of carbonyl (C=O) groups is 1. The molecule has 4 saturated carbocycles. The number of benzene rings is 2. The number of halogens is 1. The van der Waals surface area contributed by atoms with Crippen LogP contribution in [0.2, 0.25) is 0 Å². The van der Waals surface area contributed by atoms with E-state index >= 15 is 0 Å². The van der Waals surface area contributed by atoms with Gasteiger partial charge in [0.15, 0.2) is 5.78 Å². The quantitative estimate of drug-likeness (QED) is 0.334. The van der Waals surface area contributed by atoms with Crippen molar-refractivity contribution < 1.29 is 13.9 Å². The number of rotatable bonds is 6. The topological polar surface area (TPSA) is 39.4 Å². The van der Waals surface area contributed by atoms with E-state index in [1.165, 1.54) is 24.6 Å². The SMILES string of the molecule is O=C(/C=C/c1ccc(COc2ccc3cc(Br)ccc3c2)o1)C12CC3CC(CC(C3)C1)C2. The monoisotopic (exact) mass is 490 g/mol. The highest BCUT2D eigenvalue weighted by molar-refractivity contribution is 9.10. The summed E-state index contributed by atoms with van der Waals surface area (Å²) in [7, 11) is 0. The molecule has 3 nitrogen and oxygen atoms in total. The van der Waals surface area contributed by atoms with Crippen LogP contribution >= 0.6 is 15.9 Å². The van der Waals surface area contributed by atoms with Gasteiger partial charge in [-0.2, -0.15) is 0 Å². The van der Waals surface area contributed by atoms with E-state index in [1.54, 1.807) is 6.08 Å². The molecule has 0 aliphatic heterocycles. The van der Waals surface area contributed by atoms with Crippen molar-refractivity contribution in [1.82, 2.24) is 0 Å². The lowest BCUT2D eigenvalue weighted by atomic mass is 9.48. The summed E-state index contributed by atoms with van der Waals surface area (Å²) < 4.78 is 12.9. The molecule has 0 unspecified atom stereocenters. The van der Waals surface area contributed by atoms with Crippen molar-refractivity contribution >= 4 is 38.6 Å². The highest BCUT2D eigenvalue weighted by Gasteiger charge is 2.53. The summed E-state index contributed by atoms with van der Waals surface area (Å²) in [5.41, 5.74) is -0.0878. The summed E-state index contributed by atoms with van der Waals surface area (Å²) in [5, 5.41) is 2.30. The molecule has 0 radical (unpaired) electrons. The molecule has 0 spiro atoms. The molecule has 4 heteroatoms. The Kier molecular flexibility index (Phi) is 5.02. The van der Waals surface area contributed by atoms with Crippen molar-refractivity contribution in [3.05, 3.63) is 70.6 Å². The summed E-state index contributed by atoms with van der Waals surface area (Å²) in [4.78, 5) is 13.2. The summed E-state index contributed by atoms with van der Waals surface area (Å²) >= 11 is 3.51. The van der Waals surface area contributed by atoms with Crippen LogP contribution in [-0.2, 0) is 11.4 Å². The summed E-state index contributed by atoms with van der Waals surface area (Å²) in [6.45, 7) is 0.360. The van der Waals surface area contributed by atoms with E-state index in [4.69, 9.17) is 9.15 Å². The smallest absolute Gasteiger partial charge is 0.161 e. The molecule has 32 heavy (non-hydrogen) atoms. The Morgan fingerprint density at radius 1 is 0.969 bits per heavy atom. The van der Waals surface area contributed by atoms with Gasteiger partial charge in [-0.05, 0) is 116 Å². The van der Waals surface area contributed by atoms with Crippen LogP contribution in [0.1, 0.15) is 50.0 Å². The molecule has 1 heterocycles. The van der Waals surface area contributed by atoms with Crippen LogP contribution in [0, 0.1) is 23.2 Å². The van der Waals surface area contributed by atoms with Gasteiger partial charge in [-0.3, -0.25) is 4.79 Å². The third-order valence-corrected chi connectivity index (χ3v) is 8.29. The van der Waals surface area contributed by atoms with E-state index in [-0.39, 0.29) is 5.41 Å². The average Bonchev–Trinajstić information content (AvgIpc) is 3.23. The maximum Gasteiger partial charge on any atom is 0.161 e. The van der Waals surface area contributed by atoms with Crippen molar-refractivity contribution in [2.75, 3.05) is 0 Å². The molecular formula is C28H27BrO3. The second-order valence-electron chi connectivity index (χ2n) is 10.1. The van der Waals surface area contributed by atoms with E-state index in [0.29, 0.717) is 18.2 Å². The number of fused-ring (bicyclic) bond motifs is 1. The van der Waals surface area contributed by atoms with E-state index in [9.17, 15) is 4.79 Å². The molecule has 4 bridgehead atoms. The van der Waals surface area contributed by atoms with Crippen LogP contribution in [0.3, 0.4) is 0 Å². The number of hydrogen-bond acceptors (Lipinski definition) is 3. The number of carbonyl (C=O) groups excluding carboxylic acids is 1. The first-order valence-electron chi connectivity index (χ1n) is 11.7. The number of allylic oxidation sites excluding steroid dienone is 1. The molecule has 1 aromatic heterocycles. The molecule has 164 valence electrons. The molecule has 0 saturated heterocycles. The zero-order chi connectivity index (χ0) is 21.7. The van der Waals surface area contributed by atoms with Gasteiger partial charge in [-0.25, -0.2) is 0 Å². The Bertz CT molecular complexity index is 1170. The molecule has 3 aromatic rings. The van der Waals surface area contributed by atoms with Crippen molar-refractivity contribution in [2.45, 2.75) is 45.1 Å². The van der Waals surface area contributed by atoms with Crippen molar-refractivity contribution in [3.8, 4) is 5.75 Å². The second kappa shape index (κ2) is 7.91. The number of ether oxygens (including phenoxy) is 1. The highest BCUT2D eigenvalue weighted by Crippen LogP contribution is 2.60. The Labute approximate surface area is 197 Å². The largest absolute Gasteiger partial charge is 0.486 e. The van der Waals surface area contributed by atoms with Gasteiger partial charge in [0.1, 0.15) is 23.9 Å².